The summed E-state index contributed by atoms with van der Waals surface area (Å²) in [6.45, 7) is 13.6. The molecule has 0 atom stereocenters. The van der Waals surface area contributed by atoms with Crippen molar-refractivity contribution < 1.29 is 52.1 Å². The van der Waals surface area contributed by atoms with E-state index in [1.165, 1.54) is 44.1 Å². The van der Waals surface area contributed by atoms with Gasteiger partial charge in [-0.15, -0.1) is 0 Å². The van der Waals surface area contributed by atoms with Crippen LogP contribution in [-0.4, -0.2) is 144 Å². The van der Waals surface area contributed by atoms with Crippen molar-refractivity contribution in [2.75, 3.05) is 144 Å². The Labute approximate surface area is 298 Å². The molecule has 0 amide bonds. The van der Waals surface area contributed by atoms with Crippen molar-refractivity contribution in [3.05, 3.63) is 29.8 Å². The SMILES string of the molecule is CCCCCCCCc1ccc(OCCOCCOCCOCCOCCOCCOCCOCCOCCOCCOCCBr)cc1. The van der Waals surface area contributed by atoms with Gasteiger partial charge in [-0.25, -0.2) is 0 Å². The summed E-state index contributed by atoms with van der Waals surface area (Å²) < 4.78 is 60.5. The molecule has 0 aliphatic rings. The predicted octanol–water partition coefficient (Wildman–Crippen LogP) is 5.53. The lowest BCUT2D eigenvalue weighted by molar-refractivity contribution is -0.0265. The van der Waals surface area contributed by atoms with Crippen LogP contribution in [0.2, 0.25) is 0 Å². The highest BCUT2D eigenvalue weighted by molar-refractivity contribution is 9.09. The lowest BCUT2D eigenvalue weighted by atomic mass is 10.0. The molecule has 0 saturated carbocycles. The molecule has 0 saturated heterocycles. The summed E-state index contributed by atoms with van der Waals surface area (Å²) in [6.07, 6.45) is 9.10. The fourth-order valence-electron chi connectivity index (χ4n) is 4.22. The molecule has 0 N–H and O–H groups in total. The number of hydrogen-bond acceptors (Lipinski definition) is 11. The number of rotatable bonds is 40. The van der Waals surface area contributed by atoms with Crippen molar-refractivity contribution in [3.63, 3.8) is 0 Å². The number of hydrogen-bond donors (Lipinski definition) is 0. The van der Waals surface area contributed by atoms with E-state index >= 15 is 0 Å². The number of alkyl halides is 1. The maximum absolute atomic E-state index is 5.77. The quantitative estimate of drug-likeness (QED) is 0.0625. The maximum Gasteiger partial charge on any atom is 0.119 e. The largest absolute Gasteiger partial charge is 0.491 e. The summed E-state index contributed by atoms with van der Waals surface area (Å²) in [7, 11) is 0. The van der Waals surface area contributed by atoms with Crippen LogP contribution in [0.1, 0.15) is 51.0 Å². The first-order valence-corrected chi connectivity index (χ1v) is 19.0. The number of ether oxygens (including phenoxy) is 11. The second-order valence-electron chi connectivity index (χ2n) is 10.8. The van der Waals surface area contributed by atoms with Crippen LogP contribution in [0.5, 0.6) is 5.75 Å². The Morgan fingerprint density at radius 3 is 1.04 bits per heavy atom. The molecule has 1 aromatic carbocycles. The van der Waals surface area contributed by atoms with Crippen molar-refractivity contribution in [2.24, 2.45) is 0 Å². The van der Waals surface area contributed by atoms with Gasteiger partial charge in [-0.1, -0.05) is 67.1 Å². The third-order valence-electron chi connectivity index (χ3n) is 6.81. The second-order valence-corrected chi connectivity index (χ2v) is 11.6. The average molecular weight is 754 g/mol. The minimum absolute atomic E-state index is 0.518. The van der Waals surface area contributed by atoms with Crippen LogP contribution < -0.4 is 4.74 Å². The molecule has 0 spiro atoms. The van der Waals surface area contributed by atoms with Gasteiger partial charge in [-0.3, -0.25) is 0 Å². The Bertz CT molecular complexity index is 745. The summed E-state index contributed by atoms with van der Waals surface area (Å²) in [5.74, 6) is 0.887. The normalized spacial score (nSPS) is 11.5. The molecule has 0 radical (unpaired) electrons. The minimum atomic E-state index is 0.518. The highest BCUT2D eigenvalue weighted by Crippen LogP contribution is 2.15. The van der Waals surface area contributed by atoms with E-state index in [0.29, 0.717) is 139 Å². The average Bonchev–Trinajstić information content (AvgIpc) is 3.11. The van der Waals surface area contributed by atoms with Crippen LogP contribution in [-0.2, 0) is 53.8 Å². The van der Waals surface area contributed by atoms with Gasteiger partial charge in [0.15, 0.2) is 0 Å². The van der Waals surface area contributed by atoms with Gasteiger partial charge in [0.25, 0.3) is 0 Å². The molecule has 0 fully saturated rings. The van der Waals surface area contributed by atoms with E-state index in [-0.39, 0.29) is 0 Å². The van der Waals surface area contributed by atoms with Crippen molar-refractivity contribution >= 4 is 15.9 Å². The molecule has 0 aliphatic carbocycles. The lowest BCUT2D eigenvalue weighted by Gasteiger charge is -2.09. The molecule has 0 bridgehead atoms. The van der Waals surface area contributed by atoms with Crippen LogP contribution in [0, 0.1) is 0 Å². The Hall–Kier alpha value is -0.900. The number of benzene rings is 1. The molecule has 0 aromatic heterocycles. The molecule has 0 heterocycles. The van der Waals surface area contributed by atoms with E-state index < -0.39 is 0 Å². The summed E-state index contributed by atoms with van der Waals surface area (Å²) in [5.41, 5.74) is 1.38. The van der Waals surface area contributed by atoms with E-state index in [1.807, 2.05) is 0 Å². The van der Waals surface area contributed by atoms with Gasteiger partial charge in [0.1, 0.15) is 12.4 Å². The van der Waals surface area contributed by atoms with E-state index in [4.69, 9.17) is 52.1 Å². The fourth-order valence-corrected chi connectivity index (χ4v) is 4.44. The Morgan fingerprint density at radius 2 is 0.688 bits per heavy atom. The summed E-state index contributed by atoms with van der Waals surface area (Å²) in [4.78, 5) is 0. The van der Waals surface area contributed by atoms with E-state index in [0.717, 1.165) is 17.5 Å². The number of aryl methyl sites for hydroxylation is 1. The van der Waals surface area contributed by atoms with Gasteiger partial charge < -0.3 is 52.1 Å². The molecule has 12 heteroatoms. The van der Waals surface area contributed by atoms with Gasteiger partial charge in [0.05, 0.1) is 132 Å². The Morgan fingerprint density at radius 1 is 0.375 bits per heavy atom. The first kappa shape index (κ1) is 45.1. The predicted molar refractivity (Wildman–Crippen MR) is 191 cm³/mol. The lowest BCUT2D eigenvalue weighted by Crippen LogP contribution is -2.15. The molecular formula is C36H65BrO11. The van der Waals surface area contributed by atoms with E-state index in [1.54, 1.807) is 0 Å². The number of halogens is 1. The van der Waals surface area contributed by atoms with Gasteiger partial charge in [-0.05, 0) is 30.5 Å². The zero-order valence-electron chi connectivity index (χ0n) is 29.7. The van der Waals surface area contributed by atoms with Gasteiger partial charge in [-0.2, -0.15) is 0 Å². The molecule has 1 aromatic rings. The molecule has 1 rings (SSSR count). The third kappa shape index (κ3) is 33.6. The summed E-state index contributed by atoms with van der Waals surface area (Å²) in [5, 5.41) is 0.839. The summed E-state index contributed by atoms with van der Waals surface area (Å²) in [6, 6.07) is 8.44. The Balaban J connectivity index is 1.69. The molecule has 0 aliphatic heterocycles. The summed E-state index contributed by atoms with van der Waals surface area (Å²) >= 11 is 3.30. The van der Waals surface area contributed by atoms with E-state index in [2.05, 4.69) is 47.1 Å². The van der Waals surface area contributed by atoms with Crippen LogP contribution >= 0.6 is 15.9 Å². The standard InChI is InChI=1S/C36H65BrO11/c1-2-3-4-5-6-7-8-35-9-11-36(12-10-35)48-34-33-47-32-31-46-30-29-45-28-27-44-26-25-43-24-23-42-22-21-41-20-19-40-18-17-39-16-15-38-14-13-37/h9-12H,2-8,13-34H2,1H3. The maximum atomic E-state index is 5.77. The molecule has 0 unspecified atom stereocenters. The topological polar surface area (TPSA) is 102 Å². The molecule has 282 valence electrons. The second kappa shape index (κ2) is 38.9. The van der Waals surface area contributed by atoms with E-state index in [9.17, 15) is 0 Å². The fraction of sp³-hybridized carbons (Fsp3) is 0.833. The molecule has 11 nitrogen and oxygen atoms in total. The van der Waals surface area contributed by atoms with Gasteiger partial charge in [0, 0.05) is 5.33 Å². The zero-order chi connectivity index (χ0) is 34.3. The molecule has 48 heavy (non-hydrogen) atoms. The zero-order valence-corrected chi connectivity index (χ0v) is 31.3. The van der Waals surface area contributed by atoms with Crippen LogP contribution in [0.15, 0.2) is 24.3 Å². The van der Waals surface area contributed by atoms with Crippen LogP contribution in [0.25, 0.3) is 0 Å². The minimum Gasteiger partial charge on any atom is -0.491 e. The van der Waals surface area contributed by atoms with Gasteiger partial charge in [0.2, 0.25) is 0 Å². The molecular weight excluding hydrogens is 688 g/mol. The van der Waals surface area contributed by atoms with Crippen molar-refractivity contribution in [1.29, 1.82) is 0 Å². The first-order chi connectivity index (χ1) is 23.9. The Kier molecular flexibility index (Phi) is 36.6. The van der Waals surface area contributed by atoms with Crippen LogP contribution in [0.4, 0.5) is 0 Å². The monoisotopic (exact) mass is 752 g/mol. The van der Waals surface area contributed by atoms with Crippen molar-refractivity contribution in [2.45, 2.75) is 51.9 Å². The highest BCUT2D eigenvalue weighted by Gasteiger charge is 1.99. The third-order valence-corrected chi connectivity index (χ3v) is 7.13. The number of unbranched alkanes of at least 4 members (excludes halogenated alkanes) is 5. The smallest absolute Gasteiger partial charge is 0.119 e. The van der Waals surface area contributed by atoms with Crippen LogP contribution in [0.3, 0.4) is 0 Å². The van der Waals surface area contributed by atoms with Crippen molar-refractivity contribution in [1.82, 2.24) is 0 Å². The van der Waals surface area contributed by atoms with Gasteiger partial charge >= 0.3 is 0 Å². The highest BCUT2D eigenvalue weighted by atomic mass is 79.9. The first-order valence-electron chi connectivity index (χ1n) is 17.9. The van der Waals surface area contributed by atoms with Crippen molar-refractivity contribution in [3.8, 4) is 5.75 Å².